The van der Waals surface area contributed by atoms with Crippen molar-refractivity contribution in [2.24, 2.45) is 0 Å². The van der Waals surface area contributed by atoms with Crippen molar-refractivity contribution >= 4 is 65.5 Å². The zero-order chi connectivity index (χ0) is 26.8. The highest BCUT2D eigenvalue weighted by molar-refractivity contribution is 6.26. The fourth-order valence-corrected chi connectivity index (χ4v) is 9.27. The maximum absolute atomic E-state index is 2.65. The molecule has 1 aliphatic heterocycles. The van der Waals surface area contributed by atoms with Gasteiger partial charge in [0.15, 0.2) is 0 Å². The van der Waals surface area contributed by atoms with E-state index in [0.29, 0.717) is 6.04 Å². The van der Waals surface area contributed by atoms with Crippen molar-refractivity contribution < 1.29 is 0 Å². The zero-order valence-electron chi connectivity index (χ0n) is 23.0. The van der Waals surface area contributed by atoms with Crippen LogP contribution in [-0.2, 0) is 5.41 Å². The average Bonchev–Trinajstić information content (AvgIpc) is 3.77. The van der Waals surface area contributed by atoms with E-state index >= 15 is 0 Å². The fourth-order valence-electron chi connectivity index (χ4n) is 9.27. The van der Waals surface area contributed by atoms with Crippen LogP contribution in [0.15, 0.2) is 103 Å². The standard InChI is InChI=1S/C39H26N2/c1-39(2)35-23(17-19-31-33(35)27-13-7-11-25-21-9-3-5-15-29(21)40(31)37(25)27)24-18-20-32-34(36(24)39)28-14-8-12-26-22-10-4-6-16-30(22)41(32)38(26)28/h3-15,17-20,30H,16H2,1-2H3. The van der Waals surface area contributed by atoms with E-state index < -0.39 is 0 Å². The number of para-hydroxylation sites is 3. The second-order valence-corrected chi connectivity index (χ2v) is 12.8. The molecule has 0 saturated carbocycles. The second kappa shape index (κ2) is 6.56. The lowest BCUT2D eigenvalue weighted by atomic mass is 9.78. The summed E-state index contributed by atoms with van der Waals surface area (Å²) in [6, 6.07) is 32.7. The molecule has 41 heavy (non-hydrogen) atoms. The molecule has 0 radical (unpaired) electrons. The van der Waals surface area contributed by atoms with Crippen LogP contribution in [0.5, 0.6) is 0 Å². The summed E-state index contributed by atoms with van der Waals surface area (Å²) in [6.07, 6.45) is 7.95. The molecule has 2 nitrogen and oxygen atoms in total. The number of hydrogen-bond acceptors (Lipinski definition) is 0. The van der Waals surface area contributed by atoms with E-state index in [-0.39, 0.29) is 5.41 Å². The first kappa shape index (κ1) is 21.0. The molecule has 2 aliphatic carbocycles. The van der Waals surface area contributed by atoms with Gasteiger partial charge in [-0.15, -0.1) is 0 Å². The maximum Gasteiger partial charge on any atom is 0.0633 e. The van der Waals surface area contributed by atoms with Crippen LogP contribution in [0.3, 0.4) is 0 Å². The molecule has 1 unspecified atom stereocenters. The lowest BCUT2D eigenvalue weighted by Gasteiger charge is -2.24. The van der Waals surface area contributed by atoms with Crippen molar-refractivity contribution in [2.45, 2.75) is 31.7 Å². The molecule has 0 spiro atoms. The molecule has 1 atom stereocenters. The van der Waals surface area contributed by atoms with E-state index in [1.165, 1.54) is 93.3 Å². The third-order valence-corrected chi connectivity index (χ3v) is 10.7. The zero-order valence-corrected chi connectivity index (χ0v) is 23.0. The Kier molecular flexibility index (Phi) is 3.36. The van der Waals surface area contributed by atoms with E-state index in [1.54, 1.807) is 0 Å². The number of hydrogen-bond donors (Lipinski definition) is 0. The van der Waals surface area contributed by atoms with Gasteiger partial charge in [0, 0.05) is 43.3 Å². The highest BCUT2D eigenvalue weighted by Gasteiger charge is 2.42. The molecule has 0 bridgehead atoms. The van der Waals surface area contributed by atoms with E-state index in [4.69, 9.17) is 0 Å². The Morgan fingerprint density at radius 1 is 0.610 bits per heavy atom. The van der Waals surface area contributed by atoms with E-state index in [1.807, 2.05) is 0 Å². The van der Waals surface area contributed by atoms with Crippen molar-refractivity contribution in [2.75, 3.05) is 0 Å². The lowest BCUT2D eigenvalue weighted by molar-refractivity contribution is 0.670. The average molecular weight is 523 g/mol. The van der Waals surface area contributed by atoms with Gasteiger partial charge in [0.1, 0.15) is 0 Å². The largest absolute Gasteiger partial charge is 0.332 e. The SMILES string of the molecule is CC1(C)c2c(ccc3c2c2cccc4c2n3C2CC=CC=C42)-c2ccc3c(c21)c1cccc2c4ccccc4n3c21. The molecule has 4 heterocycles. The minimum Gasteiger partial charge on any atom is -0.332 e. The predicted octanol–water partition coefficient (Wildman–Crippen LogP) is 10.1. The highest BCUT2D eigenvalue weighted by Crippen LogP contribution is 2.58. The topological polar surface area (TPSA) is 9.34 Å². The Balaban J connectivity index is 1.30. The van der Waals surface area contributed by atoms with Gasteiger partial charge in [-0.05, 0) is 52.4 Å². The van der Waals surface area contributed by atoms with E-state index in [9.17, 15) is 0 Å². The molecular formula is C39H26N2. The summed E-state index contributed by atoms with van der Waals surface area (Å²) in [5.41, 5.74) is 15.3. The predicted molar refractivity (Wildman–Crippen MR) is 172 cm³/mol. The van der Waals surface area contributed by atoms with Crippen molar-refractivity contribution in [3.05, 3.63) is 120 Å². The van der Waals surface area contributed by atoms with Crippen LogP contribution in [0, 0.1) is 0 Å². The van der Waals surface area contributed by atoms with Crippen LogP contribution < -0.4 is 0 Å². The molecule has 0 amide bonds. The second-order valence-electron chi connectivity index (χ2n) is 12.8. The molecule has 0 saturated heterocycles. The Labute approximate surface area is 236 Å². The Bertz CT molecular complexity index is 2580. The van der Waals surface area contributed by atoms with E-state index in [2.05, 4.69) is 126 Å². The number of allylic oxidation sites excluding steroid dienone is 4. The molecule has 3 aromatic heterocycles. The van der Waals surface area contributed by atoms with Gasteiger partial charge in [-0.25, -0.2) is 0 Å². The van der Waals surface area contributed by atoms with Crippen molar-refractivity contribution in [3.8, 4) is 11.1 Å². The number of nitrogens with zero attached hydrogens (tertiary/aromatic N) is 2. The number of aromatic nitrogens is 2. The van der Waals surface area contributed by atoms with Crippen molar-refractivity contribution in [3.63, 3.8) is 0 Å². The minimum absolute atomic E-state index is 0.142. The summed E-state index contributed by atoms with van der Waals surface area (Å²) in [4.78, 5) is 0. The summed E-state index contributed by atoms with van der Waals surface area (Å²) >= 11 is 0. The smallest absolute Gasteiger partial charge is 0.0633 e. The molecule has 2 heteroatoms. The van der Waals surface area contributed by atoms with Gasteiger partial charge in [-0.2, -0.15) is 0 Å². The number of benzene rings is 5. The van der Waals surface area contributed by atoms with Crippen LogP contribution in [0.2, 0.25) is 0 Å². The first-order valence-electron chi connectivity index (χ1n) is 14.8. The molecule has 5 aromatic carbocycles. The summed E-state index contributed by atoms with van der Waals surface area (Å²) in [7, 11) is 0. The first-order chi connectivity index (χ1) is 20.1. The van der Waals surface area contributed by atoms with Crippen LogP contribution >= 0.6 is 0 Å². The third-order valence-electron chi connectivity index (χ3n) is 10.7. The first-order valence-corrected chi connectivity index (χ1v) is 14.8. The van der Waals surface area contributed by atoms with Crippen molar-refractivity contribution in [1.29, 1.82) is 0 Å². The molecule has 3 aliphatic rings. The third kappa shape index (κ3) is 2.12. The highest BCUT2D eigenvalue weighted by atomic mass is 15.0. The van der Waals surface area contributed by atoms with Gasteiger partial charge in [0.25, 0.3) is 0 Å². The van der Waals surface area contributed by atoms with Gasteiger partial charge in [-0.1, -0.05) is 98.8 Å². The molecule has 0 N–H and O–H groups in total. The Hall–Kier alpha value is -4.82. The fraction of sp³-hybridized carbons (Fsp3) is 0.128. The molecule has 8 aromatic rings. The molecule has 11 rings (SSSR count). The Morgan fingerprint density at radius 3 is 2.15 bits per heavy atom. The Morgan fingerprint density at radius 2 is 1.29 bits per heavy atom. The number of rotatable bonds is 0. The number of fused-ring (bicyclic) bond motifs is 17. The molecular weight excluding hydrogens is 496 g/mol. The minimum atomic E-state index is -0.142. The van der Waals surface area contributed by atoms with Gasteiger partial charge < -0.3 is 8.97 Å². The molecule has 0 fully saturated rings. The lowest BCUT2D eigenvalue weighted by Crippen LogP contribution is -2.16. The summed E-state index contributed by atoms with van der Waals surface area (Å²) in [5, 5.41) is 8.33. The van der Waals surface area contributed by atoms with Gasteiger partial charge in [0.2, 0.25) is 0 Å². The van der Waals surface area contributed by atoms with Crippen LogP contribution in [-0.4, -0.2) is 8.97 Å². The van der Waals surface area contributed by atoms with Crippen LogP contribution in [0.25, 0.3) is 76.6 Å². The van der Waals surface area contributed by atoms with Crippen molar-refractivity contribution in [1.82, 2.24) is 8.97 Å². The summed E-state index contributed by atoms with van der Waals surface area (Å²) in [5.74, 6) is 0. The summed E-state index contributed by atoms with van der Waals surface area (Å²) in [6.45, 7) is 4.94. The normalized spacial score (nSPS) is 18.4. The summed E-state index contributed by atoms with van der Waals surface area (Å²) < 4.78 is 5.17. The van der Waals surface area contributed by atoms with Crippen LogP contribution in [0.4, 0.5) is 0 Å². The van der Waals surface area contributed by atoms with Gasteiger partial charge in [0.05, 0.1) is 33.6 Å². The van der Waals surface area contributed by atoms with Gasteiger partial charge >= 0.3 is 0 Å². The van der Waals surface area contributed by atoms with Crippen LogP contribution in [0.1, 0.15) is 43.0 Å². The monoisotopic (exact) mass is 522 g/mol. The maximum atomic E-state index is 2.65. The quantitative estimate of drug-likeness (QED) is 0.187. The molecule has 192 valence electrons. The van der Waals surface area contributed by atoms with E-state index in [0.717, 1.165) is 6.42 Å². The van der Waals surface area contributed by atoms with Gasteiger partial charge in [-0.3, -0.25) is 0 Å².